The van der Waals surface area contributed by atoms with Gasteiger partial charge in [0, 0.05) is 6.61 Å². The summed E-state index contributed by atoms with van der Waals surface area (Å²) in [5, 5.41) is 9.12. The Kier molecular flexibility index (Phi) is 9.31. The fraction of sp³-hybridized carbons (Fsp3) is 0.714. The predicted molar refractivity (Wildman–Crippen MR) is 99.4 cm³/mol. The summed E-state index contributed by atoms with van der Waals surface area (Å²) in [6.07, 6.45) is 9.37. The minimum atomic E-state index is 0.145. The first-order valence-corrected chi connectivity index (χ1v) is 9.36. The Morgan fingerprint density at radius 2 is 1.65 bits per heavy atom. The van der Waals surface area contributed by atoms with Gasteiger partial charge in [-0.15, -0.1) is 0 Å². The summed E-state index contributed by atoms with van der Waals surface area (Å²) in [7, 11) is 0. The average molecular weight is 321 g/mol. The molecule has 0 aliphatic rings. The topological polar surface area (TPSA) is 29.5 Å². The van der Waals surface area contributed by atoms with E-state index in [2.05, 4.69) is 45.9 Å². The van der Waals surface area contributed by atoms with Crippen LogP contribution < -0.4 is 4.74 Å². The summed E-state index contributed by atoms with van der Waals surface area (Å²) in [5.74, 6) is 1.00. The van der Waals surface area contributed by atoms with Gasteiger partial charge >= 0.3 is 0 Å². The number of hydrogen-bond donors (Lipinski definition) is 1. The van der Waals surface area contributed by atoms with E-state index in [9.17, 15) is 0 Å². The van der Waals surface area contributed by atoms with Crippen molar-refractivity contribution in [3.8, 4) is 5.75 Å². The molecule has 0 saturated heterocycles. The van der Waals surface area contributed by atoms with Gasteiger partial charge in [0.15, 0.2) is 0 Å². The first kappa shape index (κ1) is 20.0. The van der Waals surface area contributed by atoms with Crippen LogP contribution in [-0.4, -0.2) is 18.3 Å². The molecule has 2 nitrogen and oxygen atoms in total. The molecule has 0 saturated carbocycles. The standard InChI is InChI=1S/C21H36O2/c1-5-6-7-8-9-10-16-23-20-14-13-19(21(2,3)4)17-18(20)12-11-15-22/h13-14,17,22H,5-12,15-16H2,1-4H3. The maximum absolute atomic E-state index is 9.12. The molecule has 1 aromatic rings. The number of aliphatic hydroxyl groups is 1. The van der Waals surface area contributed by atoms with E-state index < -0.39 is 0 Å². The zero-order chi connectivity index (χ0) is 17.1. The molecule has 1 N–H and O–H groups in total. The molecule has 0 fully saturated rings. The van der Waals surface area contributed by atoms with Crippen molar-refractivity contribution in [2.45, 2.75) is 84.5 Å². The van der Waals surface area contributed by atoms with Crippen LogP contribution in [0.15, 0.2) is 18.2 Å². The number of hydrogen-bond acceptors (Lipinski definition) is 2. The SMILES string of the molecule is CCCCCCCCOc1ccc(C(C)(C)C)cc1CCCO. The molecule has 0 radical (unpaired) electrons. The van der Waals surface area contributed by atoms with Crippen molar-refractivity contribution in [3.63, 3.8) is 0 Å². The van der Waals surface area contributed by atoms with Gasteiger partial charge < -0.3 is 9.84 Å². The summed E-state index contributed by atoms with van der Waals surface area (Å²) in [4.78, 5) is 0. The van der Waals surface area contributed by atoms with E-state index in [1.165, 1.54) is 43.2 Å². The molecule has 0 spiro atoms. The normalized spacial score (nSPS) is 11.7. The van der Waals surface area contributed by atoms with E-state index in [1.54, 1.807) is 0 Å². The number of aryl methyl sites for hydroxylation is 1. The third kappa shape index (κ3) is 7.87. The molecule has 1 rings (SSSR count). The van der Waals surface area contributed by atoms with Gasteiger partial charge in [0.25, 0.3) is 0 Å². The summed E-state index contributed by atoms with van der Waals surface area (Å²) < 4.78 is 6.03. The lowest BCUT2D eigenvalue weighted by molar-refractivity contribution is 0.283. The van der Waals surface area contributed by atoms with Crippen molar-refractivity contribution in [1.82, 2.24) is 0 Å². The Balaban J connectivity index is 2.55. The molecule has 0 aliphatic heterocycles. The Morgan fingerprint density at radius 3 is 2.30 bits per heavy atom. The maximum Gasteiger partial charge on any atom is 0.122 e. The van der Waals surface area contributed by atoms with Gasteiger partial charge in [0.2, 0.25) is 0 Å². The number of benzene rings is 1. The fourth-order valence-corrected chi connectivity index (χ4v) is 2.72. The zero-order valence-electron chi connectivity index (χ0n) is 15.7. The molecule has 1 aromatic carbocycles. The lowest BCUT2D eigenvalue weighted by atomic mass is 9.85. The second-order valence-electron chi connectivity index (χ2n) is 7.52. The van der Waals surface area contributed by atoms with E-state index >= 15 is 0 Å². The first-order valence-electron chi connectivity index (χ1n) is 9.36. The van der Waals surface area contributed by atoms with Crippen LogP contribution in [0.2, 0.25) is 0 Å². The van der Waals surface area contributed by atoms with Crippen molar-refractivity contribution < 1.29 is 9.84 Å². The quantitative estimate of drug-likeness (QED) is 0.534. The molecule has 0 heterocycles. The molecule has 0 aromatic heterocycles. The van der Waals surface area contributed by atoms with E-state index in [0.717, 1.165) is 31.6 Å². The Morgan fingerprint density at radius 1 is 0.957 bits per heavy atom. The predicted octanol–water partition coefficient (Wildman–Crippen LogP) is 5.65. The second-order valence-corrected chi connectivity index (χ2v) is 7.52. The summed E-state index contributed by atoms with van der Waals surface area (Å²) in [5.41, 5.74) is 2.71. The number of rotatable bonds is 11. The molecular weight excluding hydrogens is 284 g/mol. The van der Waals surface area contributed by atoms with Crippen LogP contribution >= 0.6 is 0 Å². The lowest BCUT2D eigenvalue weighted by Gasteiger charge is -2.21. The van der Waals surface area contributed by atoms with Crippen molar-refractivity contribution in [2.75, 3.05) is 13.2 Å². The largest absolute Gasteiger partial charge is 0.493 e. The van der Waals surface area contributed by atoms with E-state index in [0.29, 0.717) is 0 Å². The highest BCUT2D eigenvalue weighted by Crippen LogP contribution is 2.29. The highest BCUT2D eigenvalue weighted by Gasteiger charge is 2.16. The molecule has 132 valence electrons. The molecule has 0 aliphatic carbocycles. The van der Waals surface area contributed by atoms with Crippen LogP contribution in [0.4, 0.5) is 0 Å². The molecule has 0 unspecified atom stereocenters. The van der Waals surface area contributed by atoms with Crippen LogP contribution in [-0.2, 0) is 11.8 Å². The van der Waals surface area contributed by atoms with Crippen molar-refractivity contribution in [1.29, 1.82) is 0 Å². The van der Waals surface area contributed by atoms with Crippen molar-refractivity contribution in [3.05, 3.63) is 29.3 Å². The fourth-order valence-electron chi connectivity index (χ4n) is 2.72. The Labute approximate surface area is 143 Å². The van der Waals surface area contributed by atoms with Crippen LogP contribution in [0, 0.1) is 0 Å². The van der Waals surface area contributed by atoms with Gasteiger partial charge in [-0.05, 0) is 41.9 Å². The zero-order valence-corrected chi connectivity index (χ0v) is 15.7. The third-order valence-corrected chi connectivity index (χ3v) is 4.29. The van der Waals surface area contributed by atoms with E-state index in [4.69, 9.17) is 9.84 Å². The third-order valence-electron chi connectivity index (χ3n) is 4.29. The minimum absolute atomic E-state index is 0.145. The van der Waals surface area contributed by atoms with Gasteiger partial charge in [0.05, 0.1) is 6.61 Å². The van der Waals surface area contributed by atoms with Gasteiger partial charge in [-0.1, -0.05) is 71.9 Å². The first-order chi connectivity index (χ1) is 11.0. The van der Waals surface area contributed by atoms with Crippen LogP contribution in [0.5, 0.6) is 5.75 Å². The van der Waals surface area contributed by atoms with Crippen molar-refractivity contribution >= 4 is 0 Å². The van der Waals surface area contributed by atoms with Gasteiger partial charge in [0.1, 0.15) is 5.75 Å². The van der Waals surface area contributed by atoms with Crippen LogP contribution in [0.1, 0.15) is 83.8 Å². The number of aliphatic hydroxyl groups excluding tert-OH is 1. The summed E-state index contributed by atoms with van der Waals surface area (Å²) >= 11 is 0. The lowest BCUT2D eigenvalue weighted by Crippen LogP contribution is -2.12. The molecule has 0 atom stereocenters. The van der Waals surface area contributed by atoms with E-state index in [1.807, 2.05) is 0 Å². The highest BCUT2D eigenvalue weighted by molar-refractivity contribution is 5.39. The van der Waals surface area contributed by atoms with E-state index in [-0.39, 0.29) is 12.0 Å². The monoisotopic (exact) mass is 320 g/mol. The molecular formula is C21H36O2. The summed E-state index contributed by atoms with van der Waals surface area (Å²) in [6.45, 7) is 9.97. The Bertz CT molecular complexity index is 432. The van der Waals surface area contributed by atoms with Gasteiger partial charge in [-0.3, -0.25) is 0 Å². The minimum Gasteiger partial charge on any atom is -0.493 e. The van der Waals surface area contributed by atoms with Gasteiger partial charge in [-0.25, -0.2) is 0 Å². The highest BCUT2D eigenvalue weighted by atomic mass is 16.5. The smallest absolute Gasteiger partial charge is 0.122 e. The maximum atomic E-state index is 9.12. The number of ether oxygens (including phenoxy) is 1. The van der Waals surface area contributed by atoms with Crippen LogP contribution in [0.3, 0.4) is 0 Å². The second kappa shape index (κ2) is 10.7. The molecule has 0 amide bonds. The van der Waals surface area contributed by atoms with Gasteiger partial charge in [-0.2, -0.15) is 0 Å². The summed E-state index contributed by atoms with van der Waals surface area (Å²) in [6, 6.07) is 6.55. The Hall–Kier alpha value is -1.02. The molecule has 23 heavy (non-hydrogen) atoms. The average Bonchev–Trinajstić information content (AvgIpc) is 2.51. The molecule has 0 bridgehead atoms. The van der Waals surface area contributed by atoms with Crippen LogP contribution in [0.25, 0.3) is 0 Å². The number of unbranched alkanes of at least 4 members (excludes halogenated alkanes) is 5. The van der Waals surface area contributed by atoms with Crippen molar-refractivity contribution in [2.24, 2.45) is 0 Å². The molecule has 2 heteroatoms.